The van der Waals surface area contributed by atoms with Gasteiger partial charge in [-0.1, -0.05) is 0 Å². The second-order valence-electron chi connectivity index (χ2n) is 4.06. The Labute approximate surface area is 120 Å². The van der Waals surface area contributed by atoms with E-state index in [2.05, 4.69) is 4.98 Å². The minimum Gasteiger partial charge on any atom is -0.477 e. The van der Waals surface area contributed by atoms with Gasteiger partial charge < -0.3 is 5.11 Å². The van der Waals surface area contributed by atoms with Gasteiger partial charge in [0.25, 0.3) is 10.0 Å². The number of carboxylic acids is 1. The Morgan fingerprint density at radius 3 is 2.50 bits per heavy atom. The summed E-state index contributed by atoms with van der Waals surface area (Å²) in [5, 5.41) is 10.6. The average molecular weight is 312 g/mol. The predicted octanol–water partition coefficient (Wildman–Crippen LogP) is 1.97. The molecule has 0 aliphatic rings. The van der Waals surface area contributed by atoms with Crippen LogP contribution in [0.25, 0.3) is 0 Å². The number of aromatic nitrogens is 1. The minimum absolute atomic E-state index is 0.158. The molecule has 0 aliphatic carbocycles. The van der Waals surface area contributed by atoms with E-state index in [0.717, 1.165) is 15.6 Å². The number of hydrogen-bond donors (Lipinski definition) is 1. The maximum absolute atomic E-state index is 12.6. The fraction of sp³-hybridized carbons (Fsp3) is 0.167. The van der Waals surface area contributed by atoms with Crippen LogP contribution >= 0.6 is 11.3 Å². The van der Waals surface area contributed by atoms with Crippen LogP contribution < -0.4 is 4.31 Å². The van der Waals surface area contributed by atoms with E-state index < -0.39 is 16.0 Å². The lowest BCUT2D eigenvalue weighted by Crippen LogP contribution is -2.28. The lowest BCUT2D eigenvalue weighted by molar-refractivity contribution is 0.0698. The zero-order valence-electron chi connectivity index (χ0n) is 10.8. The Hall–Kier alpha value is -1.93. The van der Waals surface area contributed by atoms with E-state index >= 15 is 0 Å². The highest BCUT2D eigenvalue weighted by Gasteiger charge is 2.30. The van der Waals surface area contributed by atoms with Gasteiger partial charge in [0, 0.05) is 19.4 Å². The van der Waals surface area contributed by atoms with Crippen molar-refractivity contribution >= 4 is 33.0 Å². The van der Waals surface area contributed by atoms with Crippen molar-refractivity contribution in [1.82, 2.24) is 4.98 Å². The van der Waals surface area contributed by atoms with E-state index in [-0.39, 0.29) is 9.77 Å². The fourth-order valence-corrected chi connectivity index (χ4v) is 4.51. The van der Waals surface area contributed by atoms with Crippen molar-refractivity contribution in [3.8, 4) is 0 Å². The molecule has 0 spiro atoms. The molecule has 2 aromatic heterocycles. The van der Waals surface area contributed by atoms with E-state index in [1.807, 2.05) is 0 Å². The number of aryl methyl sites for hydroxylation is 1. The number of anilines is 1. The van der Waals surface area contributed by atoms with E-state index in [1.165, 1.54) is 24.8 Å². The van der Waals surface area contributed by atoms with Crippen LogP contribution in [0.2, 0.25) is 0 Å². The SMILES string of the molecule is Cc1csc(C(=O)O)c1S(=O)(=O)N(C)c1ccncc1. The van der Waals surface area contributed by atoms with Crippen LogP contribution in [-0.2, 0) is 10.0 Å². The van der Waals surface area contributed by atoms with Crippen LogP contribution in [0.1, 0.15) is 15.2 Å². The number of sulfonamides is 1. The monoisotopic (exact) mass is 312 g/mol. The second kappa shape index (κ2) is 5.22. The van der Waals surface area contributed by atoms with Crippen LogP contribution in [0.15, 0.2) is 34.8 Å². The van der Waals surface area contributed by atoms with Crippen molar-refractivity contribution in [3.05, 3.63) is 40.3 Å². The Bertz CT molecular complexity index is 738. The highest BCUT2D eigenvalue weighted by Crippen LogP contribution is 2.31. The number of carbonyl (C=O) groups is 1. The van der Waals surface area contributed by atoms with E-state index in [0.29, 0.717) is 11.3 Å². The van der Waals surface area contributed by atoms with Gasteiger partial charge in [-0.15, -0.1) is 11.3 Å². The number of pyridine rings is 1. The molecule has 2 heterocycles. The number of nitrogens with zero attached hydrogens (tertiary/aromatic N) is 2. The molecule has 0 fully saturated rings. The third kappa shape index (κ3) is 2.39. The first kappa shape index (κ1) is 14.5. The first-order valence-electron chi connectivity index (χ1n) is 5.56. The van der Waals surface area contributed by atoms with Crippen LogP contribution in [0, 0.1) is 6.92 Å². The zero-order valence-corrected chi connectivity index (χ0v) is 12.4. The molecule has 8 heteroatoms. The number of aromatic carboxylic acids is 1. The van der Waals surface area contributed by atoms with Gasteiger partial charge in [0.1, 0.15) is 9.77 Å². The number of thiophene rings is 1. The fourth-order valence-electron chi connectivity index (χ4n) is 1.73. The van der Waals surface area contributed by atoms with Crippen LogP contribution in [0.3, 0.4) is 0 Å². The molecule has 2 rings (SSSR count). The summed E-state index contributed by atoms with van der Waals surface area (Å²) in [6, 6.07) is 3.08. The topological polar surface area (TPSA) is 87.6 Å². The van der Waals surface area contributed by atoms with Gasteiger partial charge in [-0.05, 0) is 30.0 Å². The summed E-state index contributed by atoms with van der Waals surface area (Å²) in [5.41, 5.74) is 0.843. The first-order chi connectivity index (χ1) is 9.35. The molecular weight excluding hydrogens is 300 g/mol. The van der Waals surface area contributed by atoms with Crippen molar-refractivity contribution in [2.75, 3.05) is 11.4 Å². The molecule has 0 bridgehead atoms. The van der Waals surface area contributed by atoms with Crippen molar-refractivity contribution in [1.29, 1.82) is 0 Å². The molecule has 2 aromatic rings. The molecule has 0 aromatic carbocycles. The number of hydrogen-bond acceptors (Lipinski definition) is 5. The Balaban J connectivity index is 2.57. The summed E-state index contributed by atoms with van der Waals surface area (Å²) in [6.45, 7) is 1.58. The average Bonchev–Trinajstić information content (AvgIpc) is 2.81. The maximum atomic E-state index is 12.6. The summed E-state index contributed by atoms with van der Waals surface area (Å²) >= 11 is 0.906. The highest BCUT2D eigenvalue weighted by atomic mass is 32.2. The lowest BCUT2D eigenvalue weighted by Gasteiger charge is -2.19. The molecule has 0 radical (unpaired) electrons. The van der Waals surface area contributed by atoms with Gasteiger partial charge in [0.05, 0.1) is 5.69 Å². The Morgan fingerprint density at radius 1 is 1.35 bits per heavy atom. The van der Waals surface area contributed by atoms with Gasteiger partial charge in [-0.2, -0.15) is 0 Å². The third-order valence-electron chi connectivity index (χ3n) is 2.76. The van der Waals surface area contributed by atoms with Crippen LogP contribution in [0.4, 0.5) is 5.69 Å². The molecular formula is C12H12N2O4S2. The molecule has 0 saturated heterocycles. The van der Waals surface area contributed by atoms with Crippen LogP contribution in [0.5, 0.6) is 0 Å². The van der Waals surface area contributed by atoms with Gasteiger partial charge in [0.15, 0.2) is 0 Å². The lowest BCUT2D eigenvalue weighted by atomic mass is 10.3. The van der Waals surface area contributed by atoms with Crippen molar-refractivity contribution in [2.24, 2.45) is 0 Å². The molecule has 20 heavy (non-hydrogen) atoms. The molecule has 6 nitrogen and oxygen atoms in total. The van der Waals surface area contributed by atoms with E-state index in [9.17, 15) is 13.2 Å². The summed E-state index contributed by atoms with van der Waals surface area (Å²) < 4.78 is 26.2. The third-order valence-corrected chi connectivity index (χ3v) is 5.95. The second-order valence-corrected chi connectivity index (χ2v) is 6.85. The molecule has 106 valence electrons. The quantitative estimate of drug-likeness (QED) is 0.932. The normalized spacial score (nSPS) is 11.3. The Morgan fingerprint density at radius 2 is 1.95 bits per heavy atom. The maximum Gasteiger partial charge on any atom is 0.347 e. The van der Waals surface area contributed by atoms with Crippen molar-refractivity contribution in [2.45, 2.75) is 11.8 Å². The Kier molecular flexibility index (Phi) is 3.78. The van der Waals surface area contributed by atoms with Gasteiger partial charge >= 0.3 is 5.97 Å². The molecule has 1 N–H and O–H groups in total. The molecule has 0 amide bonds. The first-order valence-corrected chi connectivity index (χ1v) is 7.88. The standard InChI is InChI=1S/C12H12N2O4S2/c1-8-7-19-10(12(15)16)11(8)20(17,18)14(2)9-3-5-13-6-4-9/h3-7H,1-2H3,(H,15,16). The molecule has 0 atom stereocenters. The number of rotatable bonds is 4. The molecule has 0 aliphatic heterocycles. The summed E-state index contributed by atoms with van der Waals surface area (Å²) in [5.74, 6) is -1.25. The summed E-state index contributed by atoms with van der Waals surface area (Å²) in [6.07, 6.45) is 2.94. The van der Waals surface area contributed by atoms with Crippen molar-refractivity contribution < 1.29 is 18.3 Å². The van der Waals surface area contributed by atoms with Gasteiger partial charge in [-0.25, -0.2) is 13.2 Å². The van der Waals surface area contributed by atoms with Crippen molar-refractivity contribution in [3.63, 3.8) is 0 Å². The predicted molar refractivity (Wildman–Crippen MR) is 75.8 cm³/mol. The minimum atomic E-state index is -3.92. The van der Waals surface area contributed by atoms with Gasteiger partial charge in [0.2, 0.25) is 0 Å². The highest BCUT2D eigenvalue weighted by molar-refractivity contribution is 7.93. The number of carboxylic acid groups (broad SMARTS) is 1. The molecule has 0 unspecified atom stereocenters. The van der Waals surface area contributed by atoms with E-state index in [1.54, 1.807) is 19.1 Å². The van der Waals surface area contributed by atoms with Crippen LogP contribution in [-0.4, -0.2) is 31.5 Å². The molecule has 0 saturated carbocycles. The summed E-state index contributed by atoms with van der Waals surface area (Å²) in [4.78, 5) is 14.6. The zero-order chi connectivity index (χ0) is 14.9. The van der Waals surface area contributed by atoms with E-state index in [4.69, 9.17) is 5.11 Å². The summed E-state index contributed by atoms with van der Waals surface area (Å²) in [7, 11) is -2.54. The largest absolute Gasteiger partial charge is 0.477 e. The smallest absolute Gasteiger partial charge is 0.347 e. The van der Waals surface area contributed by atoms with Gasteiger partial charge in [-0.3, -0.25) is 9.29 Å².